The maximum atomic E-state index is 12.9. The Balaban J connectivity index is 1.36. The van der Waals surface area contributed by atoms with Crippen LogP contribution in [-0.2, 0) is 52.2 Å². The van der Waals surface area contributed by atoms with Crippen LogP contribution in [0.5, 0.6) is 0 Å². The van der Waals surface area contributed by atoms with Gasteiger partial charge in [0.15, 0.2) is 25.2 Å². The molecule has 0 saturated carbocycles. The fourth-order valence-corrected chi connectivity index (χ4v) is 8.19. The first-order valence-electron chi connectivity index (χ1n) is 20.3. The summed E-state index contributed by atoms with van der Waals surface area (Å²) in [5.74, 6) is -5.99. The van der Waals surface area contributed by atoms with Crippen LogP contribution in [0.2, 0.25) is 0 Å². The molecule has 0 bridgehead atoms. The number of carboxylic acids is 1. The summed E-state index contributed by atoms with van der Waals surface area (Å²) >= 11 is 0. The molecular weight excluding hydrogens is 896 g/mol. The first-order valence-corrected chi connectivity index (χ1v) is 20.3. The molecule has 0 aromatic carbocycles. The van der Waals surface area contributed by atoms with Crippen LogP contribution in [0.3, 0.4) is 0 Å². The van der Waals surface area contributed by atoms with Gasteiger partial charge in [-0.2, -0.15) is 0 Å². The number of carbonyl (C=O) groups excluding carboxylic acids is 1. The Hall–Kier alpha value is -2.10. The molecule has 20 N–H and O–H groups in total. The molecule has 5 fully saturated rings. The standard InChI is InChI=1S/C35H60N2O28/c1-8(43)37-16-9(44)2-35(34(55)56,64-28(16)17(46)10(45)3-38)65-29-19(48)12(5-40)59-33(24(29)53)63-27-15(36)31(58-11(4-39)18(27)47)61-26-14(7-42)60-32(23(52)21(26)50)62-25-13(6-41)57-30(54)22(51)20(25)49/h9-33,38-42,44-54H,2-7,36H2,1H3,(H,37,43)(H,55,56)/t9-,10+,11+,12+,13+,14+,15+,16+,17+,18-,19-,20+,21+,22-,23+,24+,25+,26-,27+,28+,29-,30?,31-,32-,33-,35-/m0/s1. The number of aliphatic hydroxyl groups is 16. The van der Waals surface area contributed by atoms with Gasteiger partial charge in [-0.25, -0.2) is 4.79 Å². The zero-order chi connectivity index (χ0) is 48.4. The van der Waals surface area contributed by atoms with E-state index in [9.17, 15) is 96.4 Å². The van der Waals surface area contributed by atoms with Crippen molar-refractivity contribution in [1.29, 1.82) is 0 Å². The van der Waals surface area contributed by atoms with Crippen molar-refractivity contribution in [2.45, 2.75) is 172 Å². The van der Waals surface area contributed by atoms with Crippen LogP contribution >= 0.6 is 0 Å². The molecule has 0 radical (unpaired) electrons. The molecule has 5 rings (SSSR count). The third kappa shape index (κ3) is 11.2. The Morgan fingerprint density at radius 3 is 1.66 bits per heavy atom. The van der Waals surface area contributed by atoms with Crippen molar-refractivity contribution >= 4 is 11.9 Å². The van der Waals surface area contributed by atoms with Crippen molar-refractivity contribution in [3.63, 3.8) is 0 Å². The summed E-state index contributed by atoms with van der Waals surface area (Å²) in [7, 11) is 0. The van der Waals surface area contributed by atoms with Gasteiger partial charge in [-0.05, 0) is 0 Å². The van der Waals surface area contributed by atoms with Crippen molar-refractivity contribution in [1.82, 2.24) is 5.32 Å². The van der Waals surface area contributed by atoms with Crippen LogP contribution in [0.4, 0.5) is 0 Å². The monoisotopic (exact) mass is 956 g/mol. The molecule has 1 amide bonds. The molecule has 5 saturated heterocycles. The van der Waals surface area contributed by atoms with E-state index < -0.39 is 210 Å². The van der Waals surface area contributed by atoms with Gasteiger partial charge in [0.25, 0.3) is 5.79 Å². The fourth-order valence-electron chi connectivity index (χ4n) is 8.19. The minimum atomic E-state index is -3.14. The maximum absolute atomic E-state index is 12.9. The normalized spacial score (nSPS) is 48.3. The first kappa shape index (κ1) is 53.8. The van der Waals surface area contributed by atoms with Crippen LogP contribution < -0.4 is 11.1 Å². The average Bonchev–Trinajstić information content (AvgIpc) is 3.27. The Labute approximate surface area is 367 Å². The molecule has 5 aliphatic rings. The van der Waals surface area contributed by atoms with Gasteiger partial charge in [0.2, 0.25) is 5.91 Å². The number of aliphatic carboxylic acids is 1. The van der Waals surface area contributed by atoms with E-state index in [4.69, 9.17) is 48.4 Å². The van der Waals surface area contributed by atoms with E-state index >= 15 is 0 Å². The predicted molar refractivity (Wildman–Crippen MR) is 197 cm³/mol. The third-order valence-electron chi connectivity index (χ3n) is 11.8. The number of rotatable bonds is 17. The average molecular weight is 957 g/mol. The summed E-state index contributed by atoms with van der Waals surface area (Å²) in [5, 5.41) is 181. The van der Waals surface area contributed by atoms with Crippen LogP contribution in [-0.4, -0.2) is 291 Å². The van der Waals surface area contributed by atoms with Crippen molar-refractivity contribution in [3.8, 4) is 0 Å². The first-order chi connectivity index (χ1) is 30.6. The number of nitrogens with two attached hydrogens (primary N) is 1. The predicted octanol–water partition coefficient (Wildman–Crippen LogP) is -12.6. The number of nitrogens with one attached hydrogen (secondary N) is 1. The van der Waals surface area contributed by atoms with Gasteiger partial charge in [0, 0.05) is 13.3 Å². The van der Waals surface area contributed by atoms with E-state index in [-0.39, 0.29) is 0 Å². The highest BCUT2D eigenvalue weighted by atomic mass is 16.8. The third-order valence-corrected chi connectivity index (χ3v) is 11.8. The summed E-state index contributed by atoms with van der Waals surface area (Å²) in [6.45, 7) is -4.03. The molecule has 378 valence electrons. The molecule has 30 heteroatoms. The lowest BCUT2D eigenvalue weighted by Gasteiger charge is -2.51. The number of carboxylic acid groups (broad SMARTS) is 1. The van der Waals surface area contributed by atoms with Gasteiger partial charge in [-0.1, -0.05) is 0 Å². The van der Waals surface area contributed by atoms with Gasteiger partial charge in [0.05, 0.1) is 51.2 Å². The minimum Gasteiger partial charge on any atom is -0.477 e. The summed E-state index contributed by atoms with van der Waals surface area (Å²) in [4.78, 5) is 24.8. The van der Waals surface area contributed by atoms with Crippen molar-refractivity contribution < 1.29 is 139 Å². The number of aliphatic hydroxyl groups excluding tert-OH is 16. The Bertz CT molecular complexity index is 1540. The van der Waals surface area contributed by atoms with Crippen LogP contribution in [0, 0.1) is 0 Å². The molecule has 5 aliphatic heterocycles. The lowest BCUT2D eigenvalue weighted by atomic mass is 9.88. The van der Waals surface area contributed by atoms with E-state index in [0.29, 0.717) is 0 Å². The number of hydrogen-bond acceptors (Lipinski definition) is 28. The van der Waals surface area contributed by atoms with Gasteiger partial charge in [-0.15, -0.1) is 0 Å². The summed E-state index contributed by atoms with van der Waals surface area (Å²) < 4.78 is 50.2. The summed E-state index contributed by atoms with van der Waals surface area (Å²) in [5.41, 5.74) is 6.40. The van der Waals surface area contributed by atoms with E-state index in [1.54, 1.807) is 0 Å². The van der Waals surface area contributed by atoms with Crippen LogP contribution in [0.1, 0.15) is 13.3 Å². The molecule has 0 aromatic rings. The van der Waals surface area contributed by atoms with Crippen molar-refractivity contribution in [2.75, 3.05) is 33.0 Å². The second-order valence-corrected chi connectivity index (χ2v) is 16.2. The quantitative estimate of drug-likeness (QED) is 0.0643. The highest BCUT2D eigenvalue weighted by Gasteiger charge is 2.61. The fraction of sp³-hybridized carbons (Fsp3) is 0.943. The number of carbonyl (C=O) groups is 2. The van der Waals surface area contributed by atoms with Gasteiger partial charge >= 0.3 is 5.97 Å². The zero-order valence-electron chi connectivity index (χ0n) is 34.3. The number of amides is 1. The molecule has 0 aromatic heterocycles. The Kier molecular flexibility index (Phi) is 18.7. The topological polar surface area (TPSA) is 499 Å². The maximum Gasteiger partial charge on any atom is 0.364 e. The smallest absolute Gasteiger partial charge is 0.364 e. The van der Waals surface area contributed by atoms with Crippen LogP contribution in [0.25, 0.3) is 0 Å². The number of ether oxygens (including phenoxy) is 9. The Morgan fingerprint density at radius 1 is 0.646 bits per heavy atom. The lowest BCUT2D eigenvalue weighted by Crippen LogP contribution is -2.71. The SMILES string of the molecule is CC(=O)N[C@H]1[C@H]([C@H](O)[C@H](O)CO)O[C@@](O[C@H]2[C@@H](O)[C@@H](CO)O[C@@H](O[C@@H]3[C@@H](N)[C@H](O[C@@H]4[C@H](O)[C@@H](O)[C@H](O[C@H]5[C@H](O)[C@H](O)C(O)O[C@@H]5CO)O[C@@H]4CO)O[C@H](CO)[C@@H]3O)[C@@H]2O)(C(=O)O)C[C@@H]1O. The van der Waals surface area contributed by atoms with E-state index in [1.807, 2.05) is 0 Å². The van der Waals surface area contributed by atoms with E-state index in [1.165, 1.54) is 0 Å². The van der Waals surface area contributed by atoms with Gasteiger partial charge in [0.1, 0.15) is 110 Å². The number of hydrogen-bond donors (Lipinski definition) is 19. The molecule has 0 aliphatic carbocycles. The minimum absolute atomic E-state index is 0.801. The molecule has 0 spiro atoms. The highest BCUT2D eigenvalue weighted by molar-refractivity contribution is 5.76. The second kappa shape index (κ2) is 22.5. The largest absolute Gasteiger partial charge is 0.477 e. The molecule has 30 nitrogen and oxygen atoms in total. The summed E-state index contributed by atoms with van der Waals surface area (Å²) in [6.07, 6.45) is -45.9. The molecule has 1 unspecified atom stereocenters. The molecule has 5 heterocycles. The van der Waals surface area contributed by atoms with Gasteiger partial charge in [-0.3, -0.25) is 4.79 Å². The van der Waals surface area contributed by atoms with Gasteiger partial charge < -0.3 is 140 Å². The summed E-state index contributed by atoms with van der Waals surface area (Å²) in [6, 6.07) is -3.39. The second-order valence-electron chi connectivity index (χ2n) is 16.2. The van der Waals surface area contributed by atoms with Crippen molar-refractivity contribution in [3.05, 3.63) is 0 Å². The van der Waals surface area contributed by atoms with E-state index in [0.717, 1.165) is 6.92 Å². The molecule has 65 heavy (non-hydrogen) atoms. The highest BCUT2D eigenvalue weighted by Crippen LogP contribution is 2.39. The Morgan fingerprint density at radius 2 is 1.12 bits per heavy atom. The lowest BCUT2D eigenvalue weighted by molar-refractivity contribution is -0.387. The van der Waals surface area contributed by atoms with Crippen molar-refractivity contribution in [2.24, 2.45) is 5.73 Å². The molecular formula is C35H60N2O28. The zero-order valence-corrected chi connectivity index (χ0v) is 34.3. The van der Waals surface area contributed by atoms with Crippen LogP contribution in [0.15, 0.2) is 0 Å². The van der Waals surface area contributed by atoms with E-state index in [2.05, 4.69) is 5.32 Å². The molecule has 26 atom stereocenters.